The minimum absolute atomic E-state index is 0.0351. The number of carbonyl (C=O) groups excluding carboxylic acids is 1. The molecule has 1 amide bonds. The summed E-state index contributed by atoms with van der Waals surface area (Å²) in [5.41, 5.74) is 6.69. The molecule has 88 valence electrons. The SMILES string of the molecule is N#CC1CCCC1NC(=O)c1ccccc1N. The lowest BCUT2D eigenvalue weighted by Crippen LogP contribution is -2.37. The fourth-order valence-electron chi connectivity index (χ4n) is 2.24. The zero-order chi connectivity index (χ0) is 12.3. The van der Waals surface area contributed by atoms with Crippen LogP contribution in [0.5, 0.6) is 0 Å². The molecule has 0 heterocycles. The zero-order valence-corrected chi connectivity index (χ0v) is 9.52. The first-order chi connectivity index (χ1) is 8.22. The van der Waals surface area contributed by atoms with Gasteiger partial charge in [0, 0.05) is 11.7 Å². The highest BCUT2D eigenvalue weighted by Crippen LogP contribution is 2.25. The second-order valence-corrected chi connectivity index (χ2v) is 4.33. The van der Waals surface area contributed by atoms with Crippen molar-refractivity contribution in [3.63, 3.8) is 0 Å². The number of nitrogen functional groups attached to an aromatic ring is 1. The van der Waals surface area contributed by atoms with Crippen molar-refractivity contribution in [1.29, 1.82) is 5.26 Å². The van der Waals surface area contributed by atoms with Gasteiger partial charge in [0.25, 0.3) is 5.91 Å². The number of nitriles is 1. The molecule has 2 unspecified atom stereocenters. The summed E-state index contributed by atoms with van der Waals surface area (Å²) in [6, 6.07) is 9.17. The van der Waals surface area contributed by atoms with Gasteiger partial charge in [0.15, 0.2) is 0 Å². The van der Waals surface area contributed by atoms with E-state index in [1.807, 2.05) is 0 Å². The van der Waals surface area contributed by atoms with Crippen LogP contribution in [0.25, 0.3) is 0 Å². The molecule has 3 N–H and O–H groups in total. The molecule has 1 fully saturated rings. The van der Waals surface area contributed by atoms with Crippen LogP contribution < -0.4 is 11.1 Å². The molecule has 0 saturated heterocycles. The average molecular weight is 229 g/mol. The van der Waals surface area contributed by atoms with E-state index < -0.39 is 0 Å². The maximum Gasteiger partial charge on any atom is 0.253 e. The van der Waals surface area contributed by atoms with Crippen LogP contribution in [0.2, 0.25) is 0 Å². The fourth-order valence-corrected chi connectivity index (χ4v) is 2.24. The van der Waals surface area contributed by atoms with Crippen LogP contribution in [0.3, 0.4) is 0 Å². The Morgan fingerprint density at radius 1 is 1.41 bits per heavy atom. The summed E-state index contributed by atoms with van der Waals surface area (Å²) in [7, 11) is 0. The highest BCUT2D eigenvalue weighted by atomic mass is 16.1. The third-order valence-electron chi connectivity index (χ3n) is 3.20. The maximum atomic E-state index is 12.0. The lowest BCUT2D eigenvalue weighted by atomic mass is 10.0. The molecule has 4 heteroatoms. The number of carbonyl (C=O) groups is 1. The summed E-state index contributed by atoms with van der Waals surface area (Å²) >= 11 is 0. The molecule has 4 nitrogen and oxygen atoms in total. The molecular weight excluding hydrogens is 214 g/mol. The van der Waals surface area contributed by atoms with Crippen LogP contribution in [-0.2, 0) is 0 Å². The number of hydrogen-bond acceptors (Lipinski definition) is 3. The number of nitrogens with one attached hydrogen (secondary N) is 1. The van der Waals surface area contributed by atoms with E-state index in [1.54, 1.807) is 24.3 Å². The highest BCUT2D eigenvalue weighted by molar-refractivity contribution is 5.99. The Bertz CT molecular complexity index is 464. The van der Waals surface area contributed by atoms with Crippen molar-refractivity contribution in [2.24, 2.45) is 5.92 Å². The van der Waals surface area contributed by atoms with Gasteiger partial charge in [0.2, 0.25) is 0 Å². The first-order valence-corrected chi connectivity index (χ1v) is 5.77. The summed E-state index contributed by atoms with van der Waals surface area (Å²) in [5, 5.41) is 11.8. The van der Waals surface area contributed by atoms with Crippen LogP contribution >= 0.6 is 0 Å². The Labute approximate surface area is 100 Å². The molecule has 1 saturated carbocycles. The van der Waals surface area contributed by atoms with Crippen LogP contribution in [0.15, 0.2) is 24.3 Å². The van der Waals surface area contributed by atoms with E-state index >= 15 is 0 Å². The van der Waals surface area contributed by atoms with Gasteiger partial charge in [-0.2, -0.15) is 5.26 Å². The van der Waals surface area contributed by atoms with Crippen LogP contribution in [0.4, 0.5) is 5.69 Å². The predicted molar refractivity (Wildman–Crippen MR) is 65.1 cm³/mol. The quantitative estimate of drug-likeness (QED) is 0.757. The normalized spacial score (nSPS) is 23.0. The number of hydrogen-bond donors (Lipinski definition) is 2. The molecule has 1 aromatic carbocycles. The number of benzene rings is 1. The number of nitrogens with zero attached hydrogens (tertiary/aromatic N) is 1. The van der Waals surface area contributed by atoms with Gasteiger partial charge in [-0.25, -0.2) is 0 Å². The van der Waals surface area contributed by atoms with Crippen molar-refractivity contribution in [1.82, 2.24) is 5.32 Å². The Morgan fingerprint density at radius 2 is 2.18 bits per heavy atom. The molecule has 2 atom stereocenters. The van der Waals surface area contributed by atoms with Gasteiger partial charge >= 0.3 is 0 Å². The minimum Gasteiger partial charge on any atom is -0.398 e. The lowest BCUT2D eigenvalue weighted by Gasteiger charge is -2.16. The van der Waals surface area contributed by atoms with Crippen molar-refractivity contribution >= 4 is 11.6 Å². The second-order valence-electron chi connectivity index (χ2n) is 4.33. The van der Waals surface area contributed by atoms with E-state index in [9.17, 15) is 4.79 Å². The molecule has 0 aliphatic heterocycles. The molecule has 17 heavy (non-hydrogen) atoms. The first kappa shape index (κ1) is 11.5. The Balaban J connectivity index is 2.08. The fraction of sp³-hybridized carbons (Fsp3) is 0.385. The zero-order valence-electron chi connectivity index (χ0n) is 9.52. The molecule has 0 spiro atoms. The van der Waals surface area contributed by atoms with E-state index in [0.717, 1.165) is 19.3 Å². The van der Waals surface area contributed by atoms with Crippen LogP contribution in [-0.4, -0.2) is 11.9 Å². The molecule has 0 bridgehead atoms. The average Bonchev–Trinajstić information content (AvgIpc) is 2.76. The Hall–Kier alpha value is -2.02. The van der Waals surface area contributed by atoms with E-state index in [0.29, 0.717) is 11.3 Å². The molecular formula is C13H15N3O. The van der Waals surface area contributed by atoms with Gasteiger partial charge in [-0.3, -0.25) is 4.79 Å². The Kier molecular flexibility index (Phi) is 3.29. The molecule has 0 aromatic heterocycles. The topological polar surface area (TPSA) is 78.9 Å². The minimum atomic E-state index is -0.185. The largest absolute Gasteiger partial charge is 0.398 e. The number of amides is 1. The smallest absolute Gasteiger partial charge is 0.253 e. The first-order valence-electron chi connectivity index (χ1n) is 5.77. The van der Waals surface area contributed by atoms with Gasteiger partial charge in [-0.05, 0) is 31.4 Å². The number of nitrogens with two attached hydrogens (primary N) is 1. The summed E-state index contributed by atoms with van der Waals surface area (Å²) in [5.74, 6) is -0.251. The van der Waals surface area contributed by atoms with E-state index in [1.165, 1.54) is 0 Å². The molecule has 1 aliphatic carbocycles. The summed E-state index contributed by atoms with van der Waals surface area (Å²) in [6.45, 7) is 0. The molecule has 0 radical (unpaired) electrons. The number of anilines is 1. The Morgan fingerprint density at radius 3 is 2.88 bits per heavy atom. The molecule has 1 aromatic rings. The molecule has 2 rings (SSSR count). The predicted octanol–water partition coefficient (Wildman–Crippen LogP) is 1.69. The van der Waals surface area contributed by atoms with Gasteiger partial charge in [0.1, 0.15) is 0 Å². The lowest BCUT2D eigenvalue weighted by molar-refractivity contribution is 0.0934. The third kappa shape index (κ3) is 2.39. The van der Waals surface area contributed by atoms with E-state index in [4.69, 9.17) is 11.0 Å². The van der Waals surface area contributed by atoms with Gasteiger partial charge in [0.05, 0.1) is 17.6 Å². The van der Waals surface area contributed by atoms with E-state index in [-0.39, 0.29) is 17.9 Å². The van der Waals surface area contributed by atoms with Gasteiger partial charge in [-0.1, -0.05) is 12.1 Å². The van der Waals surface area contributed by atoms with Crippen molar-refractivity contribution in [2.45, 2.75) is 25.3 Å². The third-order valence-corrected chi connectivity index (χ3v) is 3.20. The summed E-state index contributed by atoms with van der Waals surface area (Å²) in [6.07, 6.45) is 2.73. The second kappa shape index (κ2) is 4.88. The van der Waals surface area contributed by atoms with Crippen molar-refractivity contribution in [3.8, 4) is 6.07 Å². The maximum absolute atomic E-state index is 12.0. The molecule has 1 aliphatic rings. The summed E-state index contributed by atoms with van der Waals surface area (Å²) < 4.78 is 0. The highest BCUT2D eigenvalue weighted by Gasteiger charge is 2.28. The summed E-state index contributed by atoms with van der Waals surface area (Å²) in [4.78, 5) is 12.0. The van der Waals surface area contributed by atoms with Crippen molar-refractivity contribution in [2.75, 3.05) is 5.73 Å². The van der Waals surface area contributed by atoms with Gasteiger partial charge < -0.3 is 11.1 Å². The van der Waals surface area contributed by atoms with E-state index in [2.05, 4.69) is 11.4 Å². The van der Waals surface area contributed by atoms with Crippen molar-refractivity contribution in [3.05, 3.63) is 29.8 Å². The van der Waals surface area contributed by atoms with Crippen LogP contribution in [0.1, 0.15) is 29.6 Å². The number of para-hydroxylation sites is 1. The monoisotopic (exact) mass is 229 g/mol. The van der Waals surface area contributed by atoms with Crippen LogP contribution in [0, 0.1) is 17.2 Å². The standard InChI is InChI=1S/C13H15N3O/c14-8-9-4-3-7-12(9)16-13(17)10-5-1-2-6-11(10)15/h1-2,5-6,9,12H,3-4,7,15H2,(H,16,17). The van der Waals surface area contributed by atoms with Gasteiger partial charge in [-0.15, -0.1) is 0 Å². The van der Waals surface area contributed by atoms with Crippen molar-refractivity contribution < 1.29 is 4.79 Å². The number of rotatable bonds is 2.